The van der Waals surface area contributed by atoms with Gasteiger partial charge in [-0.05, 0) is 48.0 Å². The summed E-state index contributed by atoms with van der Waals surface area (Å²) in [5.41, 5.74) is 11.0. The van der Waals surface area contributed by atoms with E-state index in [1.165, 1.54) is 7.11 Å². The normalized spacial score (nSPS) is 14.5. The average molecular weight is 485 g/mol. The van der Waals surface area contributed by atoms with Crippen LogP contribution in [0.25, 0.3) is 0 Å². The second-order valence-electron chi connectivity index (χ2n) is 8.84. The van der Waals surface area contributed by atoms with E-state index in [2.05, 4.69) is 45.8 Å². The Hall–Kier alpha value is -4.53. The van der Waals surface area contributed by atoms with E-state index >= 15 is 0 Å². The zero-order chi connectivity index (χ0) is 26.0. The van der Waals surface area contributed by atoms with Crippen molar-refractivity contribution >= 4 is 34.3 Å². The minimum Gasteiger partial charge on any atom is -0.494 e. The molecule has 4 rings (SSSR count). The zero-order valence-corrected chi connectivity index (χ0v) is 20.9. The molecule has 9 nitrogen and oxygen atoms in total. The predicted molar refractivity (Wildman–Crippen MR) is 140 cm³/mol. The summed E-state index contributed by atoms with van der Waals surface area (Å²) in [5, 5.41) is 17.4. The molecular weight excluding hydrogens is 456 g/mol. The fourth-order valence-electron chi connectivity index (χ4n) is 4.04. The van der Waals surface area contributed by atoms with E-state index in [9.17, 15) is 4.79 Å². The number of methoxy groups -OCH3 is 2. The second-order valence-corrected chi connectivity index (χ2v) is 8.84. The molecule has 0 saturated carbocycles. The van der Waals surface area contributed by atoms with Crippen molar-refractivity contribution in [1.29, 1.82) is 0 Å². The number of rotatable bonds is 7. The molecular formula is C27H28N6O3. The number of amides is 1. The van der Waals surface area contributed by atoms with Crippen LogP contribution in [0.2, 0.25) is 0 Å². The lowest BCUT2D eigenvalue weighted by Crippen LogP contribution is -2.21. The van der Waals surface area contributed by atoms with Crippen LogP contribution in [0.1, 0.15) is 29.8 Å². The van der Waals surface area contributed by atoms with Gasteiger partial charge < -0.3 is 20.1 Å². The van der Waals surface area contributed by atoms with Crippen LogP contribution in [0.3, 0.4) is 0 Å². The fourth-order valence-corrected chi connectivity index (χ4v) is 4.04. The number of hydrogen-bond donors (Lipinski definition) is 1. The van der Waals surface area contributed by atoms with Crippen LogP contribution in [0, 0.1) is 0 Å². The van der Waals surface area contributed by atoms with Gasteiger partial charge in [0.15, 0.2) is 0 Å². The van der Waals surface area contributed by atoms with Crippen molar-refractivity contribution in [3.8, 4) is 11.5 Å². The van der Waals surface area contributed by atoms with E-state index in [-0.39, 0.29) is 5.41 Å². The minimum absolute atomic E-state index is 0.191. The fraction of sp³-hybridized carbons (Fsp3) is 0.222. The lowest BCUT2D eigenvalue weighted by atomic mass is 9.84. The maximum absolute atomic E-state index is 11.2. The highest BCUT2D eigenvalue weighted by Gasteiger charge is 2.37. The summed E-state index contributed by atoms with van der Waals surface area (Å²) < 4.78 is 11.0. The molecule has 3 aromatic rings. The molecule has 9 heteroatoms. The van der Waals surface area contributed by atoms with Gasteiger partial charge in [0.25, 0.3) is 0 Å². The van der Waals surface area contributed by atoms with Crippen molar-refractivity contribution in [2.75, 3.05) is 26.2 Å². The van der Waals surface area contributed by atoms with Crippen LogP contribution in [-0.2, 0) is 5.41 Å². The first kappa shape index (κ1) is 24.6. The highest BCUT2D eigenvalue weighted by Crippen LogP contribution is 2.47. The summed E-state index contributed by atoms with van der Waals surface area (Å²) in [4.78, 5) is 13.3. The van der Waals surface area contributed by atoms with Gasteiger partial charge in [-0.1, -0.05) is 20.4 Å². The topological polar surface area (TPSA) is 114 Å². The van der Waals surface area contributed by atoms with Gasteiger partial charge >= 0.3 is 0 Å². The number of carbonyl (C=O) groups excluding carboxylic acids is 1. The van der Waals surface area contributed by atoms with E-state index in [1.54, 1.807) is 43.5 Å². The van der Waals surface area contributed by atoms with Crippen molar-refractivity contribution in [3.05, 3.63) is 78.0 Å². The summed E-state index contributed by atoms with van der Waals surface area (Å²) in [6.07, 6.45) is 0. The van der Waals surface area contributed by atoms with E-state index in [0.717, 1.165) is 16.9 Å². The molecule has 36 heavy (non-hydrogen) atoms. The Morgan fingerprint density at radius 2 is 1.39 bits per heavy atom. The number of azo groups is 2. The molecule has 3 aromatic carbocycles. The van der Waals surface area contributed by atoms with Gasteiger partial charge in [0.05, 0.1) is 25.6 Å². The first-order valence-corrected chi connectivity index (χ1v) is 11.2. The number of allylic oxidation sites excluding steroid dienone is 1. The van der Waals surface area contributed by atoms with Gasteiger partial charge in [-0.3, -0.25) is 4.79 Å². The number of ether oxygens (including phenoxy) is 2. The lowest BCUT2D eigenvalue weighted by molar-refractivity contribution is 0.100. The SMILES string of the molecule is C=C1N(C)c2ccc(/N=N/c3cc(OC)c(/N=N/c4ccc(C(N)=O)cc4)cc3OC)cc2C1(C)C. The maximum atomic E-state index is 11.2. The Morgan fingerprint density at radius 3 is 1.92 bits per heavy atom. The minimum atomic E-state index is -0.504. The number of fused-ring (bicyclic) bond motifs is 1. The molecule has 0 aromatic heterocycles. The largest absolute Gasteiger partial charge is 0.494 e. The molecule has 1 heterocycles. The third-order valence-corrected chi connectivity index (χ3v) is 6.32. The summed E-state index contributed by atoms with van der Waals surface area (Å²) in [7, 11) is 5.10. The number of nitrogens with two attached hydrogens (primary N) is 1. The third kappa shape index (κ3) is 4.55. The molecule has 184 valence electrons. The number of nitrogens with zero attached hydrogens (tertiary/aromatic N) is 5. The molecule has 1 aliphatic rings. The van der Waals surface area contributed by atoms with Gasteiger partial charge in [-0.2, -0.15) is 10.2 Å². The monoisotopic (exact) mass is 484 g/mol. The highest BCUT2D eigenvalue weighted by atomic mass is 16.5. The number of primary amides is 1. The first-order chi connectivity index (χ1) is 17.1. The first-order valence-electron chi connectivity index (χ1n) is 11.2. The van der Waals surface area contributed by atoms with Crippen LogP contribution in [0.4, 0.5) is 28.4 Å². The van der Waals surface area contributed by atoms with Crippen LogP contribution >= 0.6 is 0 Å². The molecule has 0 unspecified atom stereocenters. The second kappa shape index (κ2) is 9.61. The van der Waals surface area contributed by atoms with E-state index in [1.807, 2.05) is 25.2 Å². The van der Waals surface area contributed by atoms with E-state index < -0.39 is 5.91 Å². The summed E-state index contributed by atoms with van der Waals surface area (Å²) >= 11 is 0. The third-order valence-electron chi connectivity index (χ3n) is 6.32. The van der Waals surface area contributed by atoms with Gasteiger partial charge in [-0.25, -0.2) is 0 Å². The smallest absolute Gasteiger partial charge is 0.248 e. The summed E-state index contributed by atoms with van der Waals surface area (Å²) in [6, 6.07) is 15.8. The summed E-state index contributed by atoms with van der Waals surface area (Å²) in [6.45, 7) is 8.52. The molecule has 2 N–H and O–H groups in total. The van der Waals surface area contributed by atoms with Crippen LogP contribution in [0.15, 0.2) is 87.3 Å². The highest BCUT2D eigenvalue weighted by molar-refractivity contribution is 5.93. The van der Waals surface area contributed by atoms with Crippen LogP contribution in [0.5, 0.6) is 11.5 Å². The predicted octanol–water partition coefficient (Wildman–Crippen LogP) is 6.87. The molecule has 1 aliphatic heterocycles. The number of likely N-dealkylation sites (N-methyl/N-ethyl adjacent to an activating group) is 1. The van der Waals surface area contributed by atoms with Gasteiger partial charge in [-0.15, -0.1) is 10.2 Å². The number of carbonyl (C=O) groups is 1. The summed E-state index contributed by atoms with van der Waals surface area (Å²) in [5.74, 6) is 0.415. The number of anilines is 1. The van der Waals surface area contributed by atoms with Crippen molar-refractivity contribution in [2.45, 2.75) is 19.3 Å². The van der Waals surface area contributed by atoms with Crippen molar-refractivity contribution in [2.24, 2.45) is 26.2 Å². The molecule has 0 radical (unpaired) electrons. The average Bonchev–Trinajstić information content (AvgIpc) is 3.05. The quantitative estimate of drug-likeness (QED) is 0.368. The van der Waals surface area contributed by atoms with Gasteiger partial charge in [0.2, 0.25) is 5.91 Å². The molecule has 1 amide bonds. The molecule has 0 spiro atoms. The Labute approximate surface area is 210 Å². The van der Waals surface area contributed by atoms with Crippen molar-refractivity contribution in [3.63, 3.8) is 0 Å². The molecule has 0 fully saturated rings. The van der Waals surface area contributed by atoms with E-state index in [0.29, 0.717) is 39.8 Å². The molecule has 0 atom stereocenters. The van der Waals surface area contributed by atoms with Crippen molar-refractivity contribution in [1.82, 2.24) is 0 Å². The van der Waals surface area contributed by atoms with Gasteiger partial charge in [0.1, 0.15) is 22.9 Å². The van der Waals surface area contributed by atoms with Crippen molar-refractivity contribution < 1.29 is 14.3 Å². The van der Waals surface area contributed by atoms with Gasteiger partial charge in [0, 0.05) is 41.5 Å². The molecule has 0 bridgehead atoms. The Morgan fingerprint density at radius 1 is 0.861 bits per heavy atom. The standard InChI is InChI=1S/C27H28N6O3/c1-16-27(2,3)20-13-19(11-12-23(20)33(16)4)30-32-22-15-24(35-5)21(14-25(22)36-6)31-29-18-9-7-17(8-10-18)26(28)34/h7-15H,1H2,2-6H3,(H2,28,34)/b31-29+,32-30+. The Bertz CT molecular complexity index is 1390. The Kier molecular flexibility index (Phi) is 6.57. The van der Waals surface area contributed by atoms with Crippen LogP contribution < -0.4 is 20.1 Å². The lowest BCUT2D eigenvalue weighted by Gasteiger charge is -2.22. The molecule has 0 aliphatic carbocycles. The molecule has 0 saturated heterocycles. The van der Waals surface area contributed by atoms with Crippen LogP contribution in [-0.4, -0.2) is 27.2 Å². The van der Waals surface area contributed by atoms with E-state index in [4.69, 9.17) is 15.2 Å². The maximum Gasteiger partial charge on any atom is 0.248 e. The number of benzene rings is 3. The number of hydrogen-bond acceptors (Lipinski definition) is 8. The Balaban J connectivity index is 1.62. The zero-order valence-electron chi connectivity index (χ0n) is 20.9.